The Morgan fingerprint density at radius 3 is 2.50 bits per heavy atom. The van der Waals surface area contributed by atoms with Gasteiger partial charge in [0.25, 0.3) is 5.56 Å². The van der Waals surface area contributed by atoms with E-state index in [1.54, 1.807) is 0 Å². The maximum absolute atomic E-state index is 12.9. The summed E-state index contributed by atoms with van der Waals surface area (Å²) in [6.07, 6.45) is -4.98. The highest BCUT2D eigenvalue weighted by atomic mass is 19.4. The highest BCUT2D eigenvalue weighted by Crippen LogP contribution is 2.24. The maximum atomic E-state index is 12.9. The number of alkyl halides is 3. The van der Waals surface area contributed by atoms with E-state index in [0.29, 0.717) is 5.56 Å². The van der Waals surface area contributed by atoms with Crippen molar-refractivity contribution in [1.82, 2.24) is 9.66 Å². The Labute approximate surface area is 155 Å². The van der Waals surface area contributed by atoms with Crippen LogP contribution in [0.25, 0.3) is 10.9 Å². The van der Waals surface area contributed by atoms with Gasteiger partial charge in [-0.3, -0.25) is 15.0 Å². The molecule has 0 aliphatic rings. The van der Waals surface area contributed by atoms with E-state index >= 15 is 0 Å². The normalized spacial score (nSPS) is 11.5. The van der Waals surface area contributed by atoms with Crippen LogP contribution >= 0.6 is 0 Å². The van der Waals surface area contributed by atoms with Crippen molar-refractivity contribution in [3.05, 3.63) is 70.0 Å². The second-order valence-corrected chi connectivity index (χ2v) is 5.86. The fourth-order valence-electron chi connectivity index (χ4n) is 2.56. The zero-order chi connectivity index (χ0) is 20.5. The third kappa shape index (κ3) is 4.45. The van der Waals surface area contributed by atoms with Crippen LogP contribution in [0.3, 0.4) is 0 Å². The summed E-state index contributed by atoms with van der Waals surface area (Å²) in [5.74, 6) is -1.43. The lowest BCUT2D eigenvalue weighted by molar-refractivity contribution is -0.274. The van der Waals surface area contributed by atoms with Gasteiger partial charge >= 0.3 is 6.36 Å². The zero-order valence-corrected chi connectivity index (χ0v) is 14.4. The van der Waals surface area contributed by atoms with Crippen LogP contribution in [0.4, 0.5) is 17.6 Å². The van der Waals surface area contributed by atoms with Crippen molar-refractivity contribution >= 4 is 16.8 Å². The molecule has 6 nitrogen and oxygen atoms in total. The molecule has 3 aromatic rings. The quantitative estimate of drug-likeness (QED) is 0.690. The molecule has 1 amide bonds. The molecule has 3 rings (SSSR count). The SMILES string of the molecule is Cc1nc2cc(OC(F)(F)F)ccc2c(=O)n1NC(=O)Cc1ccc(F)cc1. The first-order valence-corrected chi connectivity index (χ1v) is 7.96. The molecule has 0 saturated carbocycles. The predicted molar refractivity (Wildman–Crippen MR) is 91.9 cm³/mol. The lowest BCUT2D eigenvalue weighted by Gasteiger charge is -2.13. The molecular formula is C18H13F4N3O3. The number of amides is 1. The molecule has 146 valence electrons. The third-order valence-electron chi connectivity index (χ3n) is 3.76. The summed E-state index contributed by atoms with van der Waals surface area (Å²) in [7, 11) is 0. The standard InChI is InChI=1S/C18H13F4N3O3/c1-10-23-15-9-13(28-18(20,21)22)6-7-14(15)17(27)25(10)24-16(26)8-11-2-4-12(19)5-3-11/h2-7,9H,8H2,1H3,(H,24,26). The van der Waals surface area contributed by atoms with Crippen molar-refractivity contribution in [3.8, 4) is 5.75 Å². The fourth-order valence-corrected chi connectivity index (χ4v) is 2.56. The van der Waals surface area contributed by atoms with E-state index in [2.05, 4.69) is 15.1 Å². The van der Waals surface area contributed by atoms with Crippen LogP contribution in [0.2, 0.25) is 0 Å². The molecule has 0 aliphatic heterocycles. The Morgan fingerprint density at radius 1 is 1.18 bits per heavy atom. The van der Waals surface area contributed by atoms with Crippen molar-refractivity contribution < 1.29 is 27.1 Å². The van der Waals surface area contributed by atoms with Gasteiger partial charge in [-0.1, -0.05) is 12.1 Å². The van der Waals surface area contributed by atoms with Crippen LogP contribution in [0, 0.1) is 12.7 Å². The Kier molecular flexibility index (Phi) is 5.04. The molecule has 1 aromatic heterocycles. The number of nitrogens with one attached hydrogen (secondary N) is 1. The minimum Gasteiger partial charge on any atom is -0.406 e. The fraction of sp³-hybridized carbons (Fsp3) is 0.167. The molecule has 2 aromatic carbocycles. The number of halogens is 4. The van der Waals surface area contributed by atoms with Gasteiger partial charge in [0.15, 0.2) is 0 Å². The third-order valence-corrected chi connectivity index (χ3v) is 3.76. The molecule has 0 atom stereocenters. The van der Waals surface area contributed by atoms with Crippen LogP contribution in [0.15, 0.2) is 47.3 Å². The van der Waals surface area contributed by atoms with Crippen LogP contribution in [0.1, 0.15) is 11.4 Å². The molecular weight excluding hydrogens is 382 g/mol. The van der Waals surface area contributed by atoms with E-state index in [-0.39, 0.29) is 23.1 Å². The first-order chi connectivity index (χ1) is 13.1. The van der Waals surface area contributed by atoms with E-state index in [9.17, 15) is 27.2 Å². The molecule has 10 heteroatoms. The zero-order valence-electron chi connectivity index (χ0n) is 14.4. The number of carbonyl (C=O) groups is 1. The minimum absolute atomic E-state index is 0.00204. The molecule has 0 bridgehead atoms. The molecule has 0 unspecified atom stereocenters. The van der Waals surface area contributed by atoms with Crippen LogP contribution < -0.4 is 15.7 Å². The number of rotatable bonds is 4. The summed E-state index contributed by atoms with van der Waals surface area (Å²) in [6.45, 7) is 1.41. The monoisotopic (exact) mass is 395 g/mol. The van der Waals surface area contributed by atoms with Gasteiger partial charge in [-0.05, 0) is 36.8 Å². The maximum Gasteiger partial charge on any atom is 0.573 e. The second-order valence-electron chi connectivity index (χ2n) is 5.86. The number of hydrogen-bond acceptors (Lipinski definition) is 4. The minimum atomic E-state index is -4.87. The summed E-state index contributed by atoms with van der Waals surface area (Å²) in [6, 6.07) is 8.39. The lowest BCUT2D eigenvalue weighted by Crippen LogP contribution is -2.36. The molecule has 1 heterocycles. The van der Waals surface area contributed by atoms with Gasteiger partial charge in [-0.25, -0.2) is 14.1 Å². The van der Waals surface area contributed by atoms with Gasteiger partial charge in [0.1, 0.15) is 17.4 Å². The summed E-state index contributed by atoms with van der Waals surface area (Å²) < 4.78 is 54.6. The summed E-state index contributed by atoms with van der Waals surface area (Å²) >= 11 is 0. The van der Waals surface area contributed by atoms with Crippen molar-refractivity contribution in [2.75, 3.05) is 5.43 Å². The lowest BCUT2D eigenvalue weighted by atomic mass is 10.1. The van der Waals surface area contributed by atoms with Gasteiger partial charge in [0, 0.05) is 6.07 Å². The summed E-state index contributed by atoms with van der Waals surface area (Å²) in [5, 5.41) is 0.00204. The topological polar surface area (TPSA) is 73.2 Å². The molecule has 28 heavy (non-hydrogen) atoms. The number of fused-ring (bicyclic) bond motifs is 1. The van der Waals surface area contributed by atoms with Crippen molar-refractivity contribution in [2.45, 2.75) is 19.7 Å². The van der Waals surface area contributed by atoms with Crippen molar-refractivity contribution in [3.63, 3.8) is 0 Å². The van der Waals surface area contributed by atoms with Crippen LogP contribution in [-0.2, 0) is 11.2 Å². The highest BCUT2D eigenvalue weighted by molar-refractivity contribution is 5.86. The van der Waals surface area contributed by atoms with Gasteiger partial charge < -0.3 is 4.74 Å². The first kappa shape index (κ1) is 19.3. The Bertz CT molecular complexity index is 1090. The second kappa shape index (κ2) is 7.29. The van der Waals surface area contributed by atoms with Gasteiger partial charge in [0.05, 0.1) is 17.3 Å². The van der Waals surface area contributed by atoms with Crippen LogP contribution in [0.5, 0.6) is 5.75 Å². The van der Waals surface area contributed by atoms with Crippen molar-refractivity contribution in [2.24, 2.45) is 0 Å². The average molecular weight is 395 g/mol. The highest BCUT2D eigenvalue weighted by Gasteiger charge is 2.31. The number of nitrogens with zero attached hydrogens (tertiary/aromatic N) is 2. The average Bonchev–Trinajstić information content (AvgIpc) is 2.59. The van der Waals surface area contributed by atoms with E-state index < -0.39 is 29.4 Å². The molecule has 0 fully saturated rings. The molecule has 0 aliphatic carbocycles. The molecule has 0 radical (unpaired) electrons. The number of carbonyl (C=O) groups excluding carboxylic acids is 1. The predicted octanol–water partition coefficient (Wildman–Crippen LogP) is 3.06. The van der Waals surface area contributed by atoms with E-state index in [1.165, 1.54) is 31.2 Å². The Morgan fingerprint density at radius 2 is 1.86 bits per heavy atom. The van der Waals surface area contributed by atoms with Gasteiger partial charge in [-0.2, -0.15) is 0 Å². The number of benzene rings is 2. The van der Waals surface area contributed by atoms with Gasteiger partial charge in [0.2, 0.25) is 5.91 Å². The largest absolute Gasteiger partial charge is 0.573 e. The molecule has 0 saturated heterocycles. The van der Waals surface area contributed by atoms with E-state index in [0.717, 1.165) is 22.9 Å². The Hall–Kier alpha value is -3.43. The first-order valence-electron chi connectivity index (χ1n) is 7.96. The van der Waals surface area contributed by atoms with E-state index in [4.69, 9.17) is 0 Å². The molecule has 0 spiro atoms. The van der Waals surface area contributed by atoms with E-state index in [1.807, 2.05) is 0 Å². The van der Waals surface area contributed by atoms with Crippen LogP contribution in [-0.4, -0.2) is 21.9 Å². The smallest absolute Gasteiger partial charge is 0.406 e. The van der Waals surface area contributed by atoms with Gasteiger partial charge in [-0.15, -0.1) is 13.2 Å². The number of ether oxygens (including phenoxy) is 1. The summed E-state index contributed by atoms with van der Waals surface area (Å²) in [5.41, 5.74) is 2.25. The number of aryl methyl sites for hydroxylation is 1. The van der Waals surface area contributed by atoms with Crippen molar-refractivity contribution in [1.29, 1.82) is 0 Å². The molecule has 1 N–H and O–H groups in total. The number of aromatic nitrogens is 2. The number of hydrogen-bond donors (Lipinski definition) is 1. The Balaban J connectivity index is 1.87. The summed E-state index contributed by atoms with van der Waals surface area (Å²) in [4.78, 5) is 28.8.